The van der Waals surface area contributed by atoms with Gasteiger partial charge in [0.05, 0.1) is 4.88 Å². The van der Waals surface area contributed by atoms with Crippen molar-refractivity contribution in [1.82, 2.24) is 15.1 Å². The number of thiophene rings is 1. The van der Waals surface area contributed by atoms with E-state index in [1.54, 1.807) is 11.0 Å². The molecule has 2 aromatic heterocycles. The van der Waals surface area contributed by atoms with E-state index in [1.807, 2.05) is 11.4 Å². The maximum absolute atomic E-state index is 12.4. The first kappa shape index (κ1) is 15.0. The van der Waals surface area contributed by atoms with Gasteiger partial charge in [-0.15, -0.1) is 21.5 Å². The van der Waals surface area contributed by atoms with Crippen molar-refractivity contribution in [3.8, 4) is 0 Å². The topological polar surface area (TPSA) is 59.2 Å². The van der Waals surface area contributed by atoms with Gasteiger partial charge in [0, 0.05) is 19.0 Å². The molecule has 0 saturated carbocycles. The van der Waals surface area contributed by atoms with Gasteiger partial charge in [0.2, 0.25) is 5.89 Å². The van der Waals surface area contributed by atoms with E-state index in [0.29, 0.717) is 30.8 Å². The van der Waals surface area contributed by atoms with Gasteiger partial charge in [-0.3, -0.25) is 4.79 Å². The molecule has 0 atom stereocenters. The van der Waals surface area contributed by atoms with Gasteiger partial charge in [0.15, 0.2) is 0 Å². The van der Waals surface area contributed by atoms with Gasteiger partial charge in [-0.1, -0.05) is 6.07 Å². The van der Waals surface area contributed by atoms with Crippen LogP contribution in [0.2, 0.25) is 0 Å². The van der Waals surface area contributed by atoms with Crippen molar-refractivity contribution in [2.75, 3.05) is 13.1 Å². The molecular weight excluding hydrogens is 319 g/mol. The van der Waals surface area contributed by atoms with Crippen LogP contribution in [0.25, 0.3) is 0 Å². The highest BCUT2D eigenvalue weighted by molar-refractivity contribution is 7.12. The Morgan fingerprint density at radius 3 is 2.59 bits per heavy atom. The Labute approximate surface area is 127 Å². The molecule has 118 valence electrons. The van der Waals surface area contributed by atoms with E-state index in [1.165, 1.54) is 11.3 Å². The van der Waals surface area contributed by atoms with E-state index < -0.39 is 12.1 Å². The average Bonchev–Trinajstić information content (AvgIpc) is 3.17. The van der Waals surface area contributed by atoms with Gasteiger partial charge >= 0.3 is 12.1 Å². The van der Waals surface area contributed by atoms with Crippen LogP contribution in [-0.4, -0.2) is 34.1 Å². The minimum atomic E-state index is -4.62. The van der Waals surface area contributed by atoms with E-state index in [9.17, 15) is 18.0 Å². The van der Waals surface area contributed by atoms with Crippen LogP contribution in [0.15, 0.2) is 21.9 Å². The third-order valence-corrected chi connectivity index (χ3v) is 4.40. The number of piperidine rings is 1. The molecule has 1 aliphatic rings. The summed E-state index contributed by atoms with van der Waals surface area (Å²) in [5.41, 5.74) is 0. The lowest BCUT2D eigenvalue weighted by molar-refractivity contribution is -0.157. The summed E-state index contributed by atoms with van der Waals surface area (Å²) in [5, 5.41) is 8.36. The molecule has 0 N–H and O–H groups in total. The lowest BCUT2D eigenvalue weighted by atomic mass is 9.97. The fraction of sp³-hybridized carbons (Fsp3) is 0.462. The van der Waals surface area contributed by atoms with E-state index in [-0.39, 0.29) is 17.7 Å². The Bertz CT molecular complexity index is 646. The summed E-state index contributed by atoms with van der Waals surface area (Å²) in [7, 11) is 0. The summed E-state index contributed by atoms with van der Waals surface area (Å²) in [6.07, 6.45) is -3.60. The normalized spacial score (nSPS) is 17.0. The van der Waals surface area contributed by atoms with Gasteiger partial charge in [0.25, 0.3) is 5.91 Å². The SMILES string of the molecule is O=C(c1cccs1)N1CCC(c2nnc(C(F)(F)F)o2)CC1. The Morgan fingerprint density at radius 1 is 1.32 bits per heavy atom. The van der Waals surface area contributed by atoms with Crippen LogP contribution in [-0.2, 0) is 6.18 Å². The minimum absolute atomic E-state index is 0.00412. The van der Waals surface area contributed by atoms with Crippen molar-refractivity contribution < 1.29 is 22.4 Å². The van der Waals surface area contributed by atoms with Crippen molar-refractivity contribution in [1.29, 1.82) is 0 Å². The maximum Gasteiger partial charge on any atom is 0.470 e. The van der Waals surface area contributed by atoms with Crippen LogP contribution in [0.3, 0.4) is 0 Å². The number of aromatic nitrogens is 2. The highest BCUT2D eigenvalue weighted by Gasteiger charge is 2.39. The predicted octanol–water partition coefficient (Wildman–Crippen LogP) is 3.17. The van der Waals surface area contributed by atoms with Gasteiger partial charge in [-0.25, -0.2) is 0 Å². The molecule has 0 aliphatic carbocycles. The molecule has 0 radical (unpaired) electrons. The molecule has 3 rings (SSSR count). The summed E-state index contributed by atoms with van der Waals surface area (Å²) in [6.45, 7) is 0.927. The van der Waals surface area contributed by atoms with Crippen molar-refractivity contribution in [2.45, 2.75) is 24.9 Å². The molecule has 5 nitrogen and oxygen atoms in total. The van der Waals surface area contributed by atoms with Crippen LogP contribution >= 0.6 is 11.3 Å². The summed E-state index contributed by atoms with van der Waals surface area (Å²) in [4.78, 5) is 14.5. The minimum Gasteiger partial charge on any atom is -0.417 e. The van der Waals surface area contributed by atoms with E-state index in [0.717, 1.165) is 0 Å². The van der Waals surface area contributed by atoms with Crippen LogP contribution in [0, 0.1) is 0 Å². The molecule has 2 aromatic rings. The molecule has 1 saturated heterocycles. The standard InChI is InChI=1S/C13H12F3N3O2S/c14-13(15,16)12-18-17-10(21-12)8-3-5-19(6-4-8)11(20)9-2-1-7-22-9/h1-2,7-8H,3-6H2. The molecule has 1 amide bonds. The van der Waals surface area contributed by atoms with Crippen LogP contribution in [0.5, 0.6) is 0 Å². The summed E-state index contributed by atoms with van der Waals surface area (Å²) in [5.74, 6) is -1.61. The zero-order chi connectivity index (χ0) is 15.7. The van der Waals surface area contributed by atoms with Gasteiger partial charge in [-0.2, -0.15) is 13.2 Å². The zero-order valence-corrected chi connectivity index (χ0v) is 12.2. The van der Waals surface area contributed by atoms with Crippen molar-refractivity contribution in [3.63, 3.8) is 0 Å². The lowest BCUT2D eigenvalue weighted by Gasteiger charge is -2.30. The first-order valence-electron chi connectivity index (χ1n) is 6.68. The number of nitrogens with zero attached hydrogens (tertiary/aromatic N) is 3. The number of halogens is 3. The van der Waals surface area contributed by atoms with Crippen LogP contribution in [0.4, 0.5) is 13.2 Å². The molecular formula is C13H12F3N3O2S. The van der Waals surface area contributed by atoms with E-state index in [2.05, 4.69) is 10.2 Å². The van der Waals surface area contributed by atoms with E-state index >= 15 is 0 Å². The fourth-order valence-corrected chi connectivity index (χ4v) is 3.09. The number of carbonyl (C=O) groups is 1. The Kier molecular flexibility index (Phi) is 3.90. The number of likely N-dealkylation sites (tertiary alicyclic amines) is 1. The molecule has 0 unspecified atom stereocenters. The number of hydrogen-bond donors (Lipinski definition) is 0. The van der Waals surface area contributed by atoms with Crippen molar-refractivity contribution in [3.05, 3.63) is 34.2 Å². The Balaban J connectivity index is 1.62. The highest BCUT2D eigenvalue weighted by atomic mass is 32.1. The molecule has 9 heteroatoms. The van der Waals surface area contributed by atoms with Gasteiger partial charge in [0.1, 0.15) is 0 Å². The molecule has 0 bridgehead atoms. The van der Waals surface area contributed by atoms with Crippen molar-refractivity contribution in [2.24, 2.45) is 0 Å². The zero-order valence-electron chi connectivity index (χ0n) is 11.3. The average molecular weight is 331 g/mol. The monoisotopic (exact) mass is 331 g/mol. The van der Waals surface area contributed by atoms with Gasteiger partial charge < -0.3 is 9.32 Å². The third kappa shape index (κ3) is 2.99. The van der Waals surface area contributed by atoms with Crippen LogP contribution in [0.1, 0.15) is 40.2 Å². The number of hydrogen-bond acceptors (Lipinski definition) is 5. The molecule has 0 spiro atoms. The number of alkyl halides is 3. The predicted molar refractivity (Wildman–Crippen MR) is 71.5 cm³/mol. The number of amides is 1. The number of carbonyl (C=O) groups excluding carboxylic acids is 1. The molecule has 1 fully saturated rings. The lowest BCUT2D eigenvalue weighted by Crippen LogP contribution is -2.37. The molecule has 0 aromatic carbocycles. The summed E-state index contributed by atoms with van der Waals surface area (Å²) in [6, 6.07) is 3.56. The smallest absolute Gasteiger partial charge is 0.417 e. The fourth-order valence-electron chi connectivity index (χ4n) is 2.40. The third-order valence-electron chi connectivity index (χ3n) is 3.55. The Hall–Kier alpha value is -1.90. The summed E-state index contributed by atoms with van der Waals surface area (Å²) >= 11 is 1.37. The Morgan fingerprint density at radius 2 is 2.05 bits per heavy atom. The summed E-state index contributed by atoms with van der Waals surface area (Å²) < 4.78 is 42.0. The largest absolute Gasteiger partial charge is 0.470 e. The molecule has 3 heterocycles. The first-order chi connectivity index (χ1) is 10.4. The molecule has 22 heavy (non-hydrogen) atoms. The number of rotatable bonds is 2. The molecule has 1 aliphatic heterocycles. The maximum atomic E-state index is 12.4. The highest BCUT2D eigenvalue weighted by Crippen LogP contribution is 2.32. The second kappa shape index (κ2) is 5.71. The quantitative estimate of drug-likeness (QED) is 0.848. The van der Waals surface area contributed by atoms with Gasteiger partial charge in [-0.05, 0) is 24.3 Å². The first-order valence-corrected chi connectivity index (χ1v) is 7.56. The second-order valence-corrected chi connectivity index (χ2v) is 5.93. The van der Waals surface area contributed by atoms with Crippen molar-refractivity contribution >= 4 is 17.2 Å². The second-order valence-electron chi connectivity index (χ2n) is 4.99. The van der Waals surface area contributed by atoms with E-state index in [4.69, 9.17) is 4.42 Å². The van der Waals surface area contributed by atoms with Crippen LogP contribution < -0.4 is 0 Å².